The van der Waals surface area contributed by atoms with E-state index in [2.05, 4.69) is 10.0 Å². The molecule has 6 heteroatoms. The summed E-state index contributed by atoms with van der Waals surface area (Å²) in [6, 6.07) is 4.12. The number of carbonyl (C=O) groups excluding carboxylic acids is 1. The molecule has 0 bridgehead atoms. The molecule has 0 aromatic heterocycles. The third-order valence-electron chi connectivity index (χ3n) is 4.12. The number of amides is 1. The van der Waals surface area contributed by atoms with Crippen LogP contribution in [0.15, 0.2) is 23.2 Å². The van der Waals surface area contributed by atoms with Crippen molar-refractivity contribution in [3.63, 3.8) is 0 Å². The van der Waals surface area contributed by atoms with Crippen LogP contribution in [-0.4, -0.2) is 41.3 Å². The van der Waals surface area contributed by atoms with Gasteiger partial charge in [0.05, 0.1) is 17.1 Å². The average Bonchev–Trinajstić information content (AvgIpc) is 2.51. The number of aliphatic imine (C=N–C) groups is 1. The van der Waals surface area contributed by atoms with E-state index < -0.39 is 0 Å². The minimum absolute atomic E-state index is 0.0881. The topological polar surface area (TPSA) is 35.9 Å². The molecule has 0 saturated carbocycles. The Balaban J connectivity index is 1.69. The van der Waals surface area contributed by atoms with E-state index in [1.807, 2.05) is 5.01 Å². The van der Waals surface area contributed by atoms with E-state index in [4.69, 9.17) is 11.6 Å². The van der Waals surface area contributed by atoms with Crippen LogP contribution in [0.2, 0.25) is 5.02 Å². The van der Waals surface area contributed by atoms with Gasteiger partial charge in [-0.1, -0.05) is 18.0 Å². The van der Waals surface area contributed by atoms with Crippen molar-refractivity contribution in [3.8, 4) is 0 Å². The normalized spacial score (nSPS) is 22.4. The lowest BCUT2D eigenvalue weighted by atomic mass is 10.1. The summed E-state index contributed by atoms with van der Waals surface area (Å²) in [7, 11) is 0. The van der Waals surface area contributed by atoms with Crippen molar-refractivity contribution in [1.29, 1.82) is 0 Å². The highest BCUT2D eigenvalue weighted by atomic mass is 35.5. The quantitative estimate of drug-likeness (QED) is 0.834. The summed E-state index contributed by atoms with van der Waals surface area (Å²) in [5, 5.41) is 4.30. The van der Waals surface area contributed by atoms with E-state index in [0.29, 0.717) is 18.7 Å². The average molecular weight is 324 g/mol. The van der Waals surface area contributed by atoms with Crippen molar-refractivity contribution in [2.75, 3.05) is 19.6 Å². The summed E-state index contributed by atoms with van der Waals surface area (Å²) < 4.78 is 13.0. The summed E-state index contributed by atoms with van der Waals surface area (Å²) in [4.78, 5) is 16.8. The van der Waals surface area contributed by atoms with Crippen LogP contribution in [-0.2, 0) is 4.79 Å². The predicted molar refractivity (Wildman–Crippen MR) is 84.9 cm³/mol. The Labute approximate surface area is 134 Å². The van der Waals surface area contributed by atoms with Gasteiger partial charge in [0.15, 0.2) is 0 Å². The van der Waals surface area contributed by atoms with Crippen molar-refractivity contribution in [2.45, 2.75) is 32.1 Å². The molecular weight excluding hydrogens is 305 g/mol. The number of rotatable bonds is 2. The second kappa shape index (κ2) is 6.75. The zero-order valence-electron chi connectivity index (χ0n) is 12.4. The molecule has 2 aliphatic rings. The summed E-state index contributed by atoms with van der Waals surface area (Å²) in [6.07, 6.45) is 4.58. The van der Waals surface area contributed by atoms with E-state index in [1.54, 1.807) is 6.07 Å². The molecule has 118 valence electrons. The molecule has 0 spiro atoms. The van der Waals surface area contributed by atoms with Crippen LogP contribution in [0.3, 0.4) is 0 Å². The van der Waals surface area contributed by atoms with Gasteiger partial charge in [-0.2, -0.15) is 0 Å². The van der Waals surface area contributed by atoms with E-state index in [0.717, 1.165) is 38.1 Å². The van der Waals surface area contributed by atoms with Crippen LogP contribution in [0, 0.1) is 5.82 Å². The highest BCUT2D eigenvalue weighted by Gasteiger charge is 2.28. The molecule has 1 amide bonds. The highest BCUT2D eigenvalue weighted by Crippen LogP contribution is 2.27. The highest BCUT2D eigenvalue weighted by molar-refractivity contribution is 6.33. The minimum Gasteiger partial charge on any atom is -0.275 e. The first-order chi connectivity index (χ1) is 10.6. The Kier molecular flexibility index (Phi) is 4.74. The third kappa shape index (κ3) is 3.47. The fraction of sp³-hybridized carbons (Fsp3) is 0.500. The second-order valence-electron chi connectivity index (χ2n) is 5.73. The van der Waals surface area contributed by atoms with Crippen LogP contribution in [0.4, 0.5) is 10.1 Å². The van der Waals surface area contributed by atoms with Gasteiger partial charge in [-0.05, 0) is 31.0 Å². The lowest BCUT2D eigenvalue weighted by Gasteiger charge is -2.39. The molecule has 2 heterocycles. The fourth-order valence-electron chi connectivity index (χ4n) is 2.97. The van der Waals surface area contributed by atoms with Gasteiger partial charge in [-0.25, -0.2) is 9.40 Å². The lowest BCUT2D eigenvalue weighted by Crippen LogP contribution is -2.52. The number of halogens is 2. The summed E-state index contributed by atoms with van der Waals surface area (Å²) >= 11 is 5.98. The number of hydrazine groups is 1. The van der Waals surface area contributed by atoms with Crippen molar-refractivity contribution < 1.29 is 9.18 Å². The monoisotopic (exact) mass is 323 g/mol. The van der Waals surface area contributed by atoms with Crippen molar-refractivity contribution in [2.24, 2.45) is 4.99 Å². The zero-order valence-corrected chi connectivity index (χ0v) is 13.2. The predicted octanol–water partition coefficient (Wildman–Crippen LogP) is 3.57. The van der Waals surface area contributed by atoms with Crippen molar-refractivity contribution in [3.05, 3.63) is 29.0 Å². The first-order valence-corrected chi connectivity index (χ1v) is 8.08. The Morgan fingerprint density at radius 1 is 1.14 bits per heavy atom. The Morgan fingerprint density at radius 3 is 2.59 bits per heavy atom. The number of nitrogens with zero attached hydrogens (tertiary/aromatic N) is 3. The minimum atomic E-state index is -0.384. The Bertz CT molecular complexity index is 599. The molecule has 2 fully saturated rings. The van der Waals surface area contributed by atoms with Crippen molar-refractivity contribution >= 4 is 28.9 Å². The molecule has 0 aliphatic carbocycles. The molecule has 2 saturated heterocycles. The van der Waals surface area contributed by atoms with Crippen LogP contribution in [0.1, 0.15) is 32.1 Å². The molecule has 0 N–H and O–H groups in total. The van der Waals surface area contributed by atoms with Gasteiger partial charge in [0.2, 0.25) is 5.91 Å². The molecule has 1 aromatic rings. The van der Waals surface area contributed by atoms with Gasteiger partial charge < -0.3 is 0 Å². The van der Waals surface area contributed by atoms with Crippen LogP contribution in [0.25, 0.3) is 0 Å². The van der Waals surface area contributed by atoms with Gasteiger partial charge in [-0.3, -0.25) is 14.8 Å². The molecule has 0 unspecified atom stereocenters. The molecular formula is C16H19ClFN3O. The molecule has 3 rings (SSSR count). The summed E-state index contributed by atoms with van der Waals surface area (Å²) in [5.74, 6) is -0.296. The second-order valence-corrected chi connectivity index (χ2v) is 6.14. The Hall–Kier alpha value is -1.46. The Morgan fingerprint density at radius 2 is 1.91 bits per heavy atom. The number of carbonyl (C=O) groups is 1. The number of hydrogen-bond acceptors (Lipinski definition) is 3. The van der Waals surface area contributed by atoms with E-state index in [-0.39, 0.29) is 16.7 Å². The first-order valence-electron chi connectivity index (χ1n) is 7.70. The SMILES string of the molecule is O=C1CC(=Nc2ccc(F)cc2Cl)CCN1N1CCCCC1. The smallest absolute Gasteiger partial charge is 0.242 e. The molecule has 22 heavy (non-hydrogen) atoms. The number of benzene rings is 1. The van der Waals surface area contributed by atoms with Crippen molar-refractivity contribution in [1.82, 2.24) is 10.0 Å². The molecule has 0 atom stereocenters. The lowest BCUT2D eigenvalue weighted by molar-refractivity contribution is -0.150. The van der Waals surface area contributed by atoms with E-state index >= 15 is 0 Å². The number of piperidine rings is 2. The van der Waals surface area contributed by atoms with Crippen LogP contribution in [0.5, 0.6) is 0 Å². The van der Waals surface area contributed by atoms with Gasteiger partial charge in [0.25, 0.3) is 0 Å². The molecule has 4 nitrogen and oxygen atoms in total. The van der Waals surface area contributed by atoms with Crippen LogP contribution < -0.4 is 0 Å². The third-order valence-corrected chi connectivity index (χ3v) is 4.42. The summed E-state index contributed by atoms with van der Waals surface area (Å²) in [5.41, 5.74) is 1.34. The van der Waals surface area contributed by atoms with Gasteiger partial charge in [0, 0.05) is 31.8 Å². The van der Waals surface area contributed by atoms with E-state index in [9.17, 15) is 9.18 Å². The standard InChI is InChI=1S/C16H19ClFN3O/c17-14-10-12(18)4-5-15(14)19-13-6-9-21(16(22)11-13)20-7-2-1-3-8-20/h4-5,10H,1-3,6-9,11H2. The van der Waals surface area contributed by atoms with E-state index in [1.165, 1.54) is 18.6 Å². The number of hydrogen-bond donors (Lipinski definition) is 0. The van der Waals surface area contributed by atoms with Gasteiger partial charge in [-0.15, -0.1) is 0 Å². The van der Waals surface area contributed by atoms with Gasteiger partial charge >= 0.3 is 0 Å². The molecule has 1 aromatic carbocycles. The zero-order chi connectivity index (χ0) is 15.5. The maximum absolute atomic E-state index is 13.0. The fourth-order valence-corrected chi connectivity index (χ4v) is 3.18. The molecule has 0 radical (unpaired) electrons. The van der Waals surface area contributed by atoms with Crippen LogP contribution >= 0.6 is 11.6 Å². The molecule has 2 aliphatic heterocycles. The maximum Gasteiger partial charge on any atom is 0.242 e. The van der Waals surface area contributed by atoms with Gasteiger partial charge in [0.1, 0.15) is 5.82 Å². The summed E-state index contributed by atoms with van der Waals surface area (Å²) in [6.45, 7) is 2.58. The largest absolute Gasteiger partial charge is 0.275 e. The maximum atomic E-state index is 13.0. The first kappa shape index (κ1) is 15.4.